The number of ether oxygens (including phenoxy) is 1. The Kier molecular flexibility index (Phi) is 4.62. The molecule has 1 amide bonds. The molecule has 2 rings (SSSR count). The molecular weight excluding hydrogens is 252 g/mol. The van der Waals surface area contributed by atoms with E-state index in [0.717, 1.165) is 32.4 Å². The summed E-state index contributed by atoms with van der Waals surface area (Å²) in [5, 5.41) is 0. The lowest BCUT2D eigenvalue weighted by molar-refractivity contribution is -0.0445. The van der Waals surface area contributed by atoms with Gasteiger partial charge < -0.3 is 15.4 Å². The smallest absolute Gasteiger partial charge is 0.410 e. The van der Waals surface area contributed by atoms with Crippen LogP contribution in [0.4, 0.5) is 4.79 Å². The molecule has 1 aliphatic carbocycles. The largest absolute Gasteiger partial charge is 0.444 e. The molecule has 1 aliphatic heterocycles. The van der Waals surface area contributed by atoms with E-state index in [4.69, 9.17) is 10.5 Å². The summed E-state index contributed by atoms with van der Waals surface area (Å²) in [6.07, 6.45) is 8.03. The summed E-state index contributed by atoms with van der Waals surface area (Å²) in [4.78, 5) is 14.5. The van der Waals surface area contributed by atoms with Crippen LogP contribution in [0, 0.1) is 5.41 Å². The van der Waals surface area contributed by atoms with Crippen molar-refractivity contribution in [2.45, 2.75) is 77.4 Å². The fraction of sp³-hybridized carbons (Fsp3) is 0.938. The molecule has 0 spiro atoms. The number of nitrogens with zero attached hydrogens (tertiary/aromatic N) is 1. The van der Waals surface area contributed by atoms with Crippen molar-refractivity contribution in [1.29, 1.82) is 0 Å². The van der Waals surface area contributed by atoms with Crippen LogP contribution in [-0.2, 0) is 4.74 Å². The van der Waals surface area contributed by atoms with E-state index in [-0.39, 0.29) is 11.5 Å². The average molecular weight is 282 g/mol. The van der Waals surface area contributed by atoms with Crippen LogP contribution in [0.15, 0.2) is 0 Å². The summed E-state index contributed by atoms with van der Waals surface area (Å²) in [5.74, 6) is 0. The van der Waals surface area contributed by atoms with Crippen LogP contribution in [0.2, 0.25) is 0 Å². The first-order chi connectivity index (χ1) is 9.38. The topological polar surface area (TPSA) is 55.6 Å². The Bertz CT molecular complexity index is 345. The number of carbonyl (C=O) groups excluding carboxylic acids is 1. The lowest BCUT2D eigenvalue weighted by Crippen LogP contribution is -2.56. The predicted octanol–water partition coefficient (Wildman–Crippen LogP) is 3.30. The third kappa shape index (κ3) is 3.27. The van der Waals surface area contributed by atoms with E-state index in [1.54, 1.807) is 0 Å². The number of hydrogen-bond acceptors (Lipinski definition) is 3. The van der Waals surface area contributed by atoms with Crippen LogP contribution in [0.5, 0.6) is 0 Å². The second-order valence-electron chi connectivity index (χ2n) is 7.44. The Morgan fingerprint density at radius 3 is 2.50 bits per heavy atom. The summed E-state index contributed by atoms with van der Waals surface area (Å²) >= 11 is 0. The molecule has 1 heterocycles. The summed E-state index contributed by atoms with van der Waals surface area (Å²) < 4.78 is 5.61. The number of nitrogens with two attached hydrogens (primary N) is 1. The van der Waals surface area contributed by atoms with Gasteiger partial charge in [0.1, 0.15) is 5.60 Å². The van der Waals surface area contributed by atoms with E-state index in [0.29, 0.717) is 6.04 Å². The molecule has 1 unspecified atom stereocenters. The van der Waals surface area contributed by atoms with E-state index < -0.39 is 5.60 Å². The summed E-state index contributed by atoms with van der Waals surface area (Å²) in [7, 11) is 0. The van der Waals surface area contributed by atoms with Crippen LogP contribution in [-0.4, -0.2) is 35.7 Å². The minimum atomic E-state index is -0.417. The van der Waals surface area contributed by atoms with Gasteiger partial charge in [-0.2, -0.15) is 0 Å². The SMILES string of the molecule is CC(C)(C)OC(=O)N1CCCCC1C1(CCN)CCC1. The minimum absolute atomic E-state index is 0.134. The average Bonchev–Trinajstić information content (AvgIpc) is 2.32. The summed E-state index contributed by atoms with van der Waals surface area (Å²) in [6, 6.07) is 0.336. The van der Waals surface area contributed by atoms with E-state index in [2.05, 4.69) is 0 Å². The highest BCUT2D eigenvalue weighted by molar-refractivity contribution is 5.69. The molecular formula is C16H30N2O2. The molecule has 2 N–H and O–H groups in total. The van der Waals surface area contributed by atoms with Crippen molar-refractivity contribution in [2.75, 3.05) is 13.1 Å². The zero-order valence-corrected chi connectivity index (χ0v) is 13.3. The van der Waals surface area contributed by atoms with Gasteiger partial charge in [0.15, 0.2) is 0 Å². The van der Waals surface area contributed by atoms with Gasteiger partial charge in [-0.15, -0.1) is 0 Å². The van der Waals surface area contributed by atoms with Crippen LogP contribution in [0.25, 0.3) is 0 Å². The summed E-state index contributed by atoms with van der Waals surface area (Å²) in [5.41, 5.74) is 5.67. The van der Waals surface area contributed by atoms with Crippen LogP contribution < -0.4 is 5.73 Å². The van der Waals surface area contributed by atoms with Crippen molar-refractivity contribution in [3.05, 3.63) is 0 Å². The second kappa shape index (κ2) is 5.92. The van der Waals surface area contributed by atoms with E-state index in [1.165, 1.54) is 25.7 Å². The highest BCUT2D eigenvalue weighted by Crippen LogP contribution is 2.50. The zero-order chi connectivity index (χ0) is 14.8. The number of rotatable bonds is 3. The van der Waals surface area contributed by atoms with Gasteiger partial charge >= 0.3 is 6.09 Å². The van der Waals surface area contributed by atoms with Crippen LogP contribution in [0.3, 0.4) is 0 Å². The van der Waals surface area contributed by atoms with Gasteiger partial charge in [-0.25, -0.2) is 4.79 Å². The Morgan fingerprint density at radius 1 is 1.30 bits per heavy atom. The van der Waals surface area contributed by atoms with Gasteiger partial charge in [0, 0.05) is 12.6 Å². The van der Waals surface area contributed by atoms with E-state index in [1.807, 2.05) is 25.7 Å². The quantitative estimate of drug-likeness (QED) is 0.864. The molecule has 0 radical (unpaired) electrons. The van der Waals surface area contributed by atoms with Gasteiger partial charge in [0.05, 0.1) is 0 Å². The molecule has 0 bridgehead atoms. The van der Waals surface area contributed by atoms with Crippen molar-refractivity contribution < 1.29 is 9.53 Å². The molecule has 20 heavy (non-hydrogen) atoms. The lowest BCUT2D eigenvalue weighted by Gasteiger charge is -2.53. The molecule has 0 aromatic rings. The maximum Gasteiger partial charge on any atom is 0.410 e. The molecule has 1 saturated heterocycles. The molecule has 4 heteroatoms. The third-order valence-corrected chi connectivity index (χ3v) is 4.83. The molecule has 2 fully saturated rings. The monoisotopic (exact) mass is 282 g/mol. The van der Waals surface area contributed by atoms with Crippen LogP contribution >= 0.6 is 0 Å². The first-order valence-corrected chi connectivity index (χ1v) is 8.08. The number of likely N-dealkylation sites (tertiary alicyclic amines) is 1. The van der Waals surface area contributed by atoms with E-state index in [9.17, 15) is 4.79 Å². The first-order valence-electron chi connectivity index (χ1n) is 8.08. The molecule has 116 valence electrons. The number of carbonyl (C=O) groups is 1. The predicted molar refractivity (Wildman–Crippen MR) is 80.5 cm³/mol. The van der Waals surface area contributed by atoms with E-state index >= 15 is 0 Å². The Labute approximate surface area is 123 Å². The standard InChI is InChI=1S/C16H30N2O2/c1-15(2,3)20-14(19)18-12-5-4-7-13(18)16(10-11-17)8-6-9-16/h13H,4-12,17H2,1-3H3. The molecule has 1 saturated carbocycles. The lowest BCUT2D eigenvalue weighted by atomic mass is 9.60. The third-order valence-electron chi connectivity index (χ3n) is 4.83. The minimum Gasteiger partial charge on any atom is -0.444 e. The van der Waals surface area contributed by atoms with Crippen molar-refractivity contribution in [2.24, 2.45) is 11.1 Å². The van der Waals surface area contributed by atoms with Crippen LogP contribution in [0.1, 0.15) is 65.7 Å². The maximum atomic E-state index is 12.5. The number of piperidine rings is 1. The molecule has 1 atom stereocenters. The zero-order valence-electron chi connectivity index (χ0n) is 13.3. The Hall–Kier alpha value is -0.770. The fourth-order valence-electron chi connectivity index (χ4n) is 3.78. The highest BCUT2D eigenvalue weighted by atomic mass is 16.6. The molecule has 2 aliphatic rings. The van der Waals surface area contributed by atoms with Gasteiger partial charge in [-0.3, -0.25) is 0 Å². The number of amides is 1. The van der Waals surface area contributed by atoms with Crippen molar-refractivity contribution >= 4 is 6.09 Å². The first kappa shape index (κ1) is 15.6. The fourth-order valence-corrected chi connectivity index (χ4v) is 3.78. The van der Waals surface area contributed by atoms with Crippen molar-refractivity contribution in [3.8, 4) is 0 Å². The molecule has 4 nitrogen and oxygen atoms in total. The molecule has 0 aromatic carbocycles. The van der Waals surface area contributed by atoms with Gasteiger partial charge in [-0.1, -0.05) is 6.42 Å². The number of hydrogen-bond donors (Lipinski definition) is 1. The second-order valence-corrected chi connectivity index (χ2v) is 7.44. The van der Waals surface area contributed by atoms with Gasteiger partial charge in [-0.05, 0) is 71.3 Å². The highest BCUT2D eigenvalue weighted by Gasteiger charge is 2.48. The Morgan fingerprint density at radius 2 is 2.00 bits per heavy atom. The van der Waals surface area contributed by atoms with Crippen molar-refractivity contribution in [3.63, 3.8) is 0 Å². The Balaban J connectivity index is 2.10. The maximum absolute atomic E-state index is 12.5. The van der Waals surface area contributed by atoms with Crippen molar-refractivity contribution in [1.82, 2.24) is 4.90 Å². The molecule has 0 aromatic heterocycles. The summed E-state index contributed by atoms with van der Waals surface area (Å²) in [6.45, 7) is 7.36. The van der Waals surface area contributed by atoms with Gasteiger partial charge in [0.2, 0.25) is 0 Å². The van der Waals surface area contributed by atoms with Gasteiger partial charge in [0.25, 0.3) is 0 Å². The normalized spacial score (nSPS) is 26.0.